The Hall–Kier alpha value is -1.04. The lowest BCUT2D eigenvalue weighted by molar-refractivity contribution is 0.982. The van der Waals surface area contributed by atoms with Crippen molar-refractivity contribution in [1.82, 2.24) is 0 Å². The number of hydrogen-bond donors (Lipinski definition) is 0. The zero-order chi connectivity index (χ0) is 10.6. The summed E-state index contributed by atoms with van der Waals surface area (Å²) < 4.78 is 0. The van der Waals surface area contributed by atoms with Gasteiger partial charge in [0.1, 0.15) is 0 Å². The molecule has 1 rings (SSSR count). The Morgan fingerprint density at radius 1 is 1.36 bits per heavy atom. The average Bonchev–Trinajstić information content (AvgIpc) is 2.53. The highest BCUT2D eigenvalue weighted by Gasteiger charge is 2.09. The highest BCUT2D eigenvalue weighted by atomic mass is 14.1. The van der Waals surface area contributed by atoms with Gasteiger partial charge in [-0.3, -0.25) is 0 Å². The predicted molar refractivity (Wildman–Crippen MR) is 64.3 cm³/mol. The van der Waals surface area contributed by atoms with Gasteiger partial charge in [0.05, 0.1) is 0 Å². The molecular weight excluding hydrogens is 168 g/mol. The SMILES string of the molecule is C=C1C=C(/C(=C/C=C(C)C)CC)CC1. The topological polar surface area (TPSA) is 0 Å². The van der Waals surface area contributed by atoms with Crippen LogP contribution in [0.1, 0.15) is 40.0 Å². The fourth-order valence-corrected chi connectivity index (χ4v) is 1.66. The van der Waals surface area contributed by atoms with E-state index < -0.39 is 0 Å². The molecule has 1 aliphatic carbocycles. The number of hydrogen-bond acceptors (Lipinski definition) is 0. The third kappa shape index (κ3) is 3.02. The molecule has 0 nitrogen and oxygen atoms in total. The van der Waals surface area contributed by atoms with Gasteiger partial charge in [-0.2, -0.15) is 0 Å². The summed E-state index contributed by atoms with van der Waals surface area (Å²) in [6.07, 6.45) is 10.1. The molecule has 0 aromatic heterocycles. The number of rotatable bonds is 3. The van der Waals surface area contributed by atoms with Crippen molar-refractivity contribution in [2.24, 2.45) is 0 Å². The Morgan fingerprint density at radius 3 is 2.50 bits per heavy atom. The van der Waals surface area contributed by atoms with E-state index in [4.69, 9.17) is 0 Å². The van der Waals surface area contributed by atoms with Gasteiger partial charge in [0, 0.05) is 0 Å². The van der Waals surface area contributed by atoms with Crippen LogP contribution in [0.3, 0.4) is 0 Å². The van der Waals surface area contributed by atoms with Gasteiger partial charge < -0.3 is 0 Å². The average molecular weight is 188 g/mol. The van der Waals surface area contributed by atoms with Crippen LogP contribution in [0.4, 0.5) is 0 Å². The maximum absolute atomic E-state index is 4.00. The van der Waals surface area contributed by atoms with Gasteiger partial charge >= 0.3 is 0 Å². The summed E-state index contributed by atoms with van der Waals surface area (Å²) in [5, 5.41) is 0. The molecule has 0 aromatic carbocycles. The molecular formula is C14H20. The summed E-state index contributed by atoms with van der Waals surface area (Å²) in [5.74, 6) is 0. The molecule has 76 valence electrons. The Morgan fingerprint density at radius 2 is 2.07 bits per heavy atom. The second-order valence-corrected chi connectivity index (χ2v) is 4.12. The van der Waals surface area contributed by atoms with Crippen molar-refractivity contribution in [1.29, 1.82) is 0 Å². The van der Waals surface area contributed by atoms with Crippen molar-refractivity contribution < 1.29 is 0 Å². The Kier molecular flexibility index (Phi) is 3.94. The third-order valence-corrected chi connectivity index (χ3v) is 2.51. The van der Waals surface area contributed by atoms with Crippen LogP contribution < -0.4 is 0 Å². The normalized spacial score (nSPS) is 16.9. The van der Waals surface area contributed by atoms with Crippen molar-refractivity contribution >= 4 is 0 Å². The zero-order valence-electron chi connectivity index (χ0n) is 9.56. The van der Waals surface area contributed by atoms with Crippen LogP contribution in [0, 0.1) is 0 Å². The summed E-state index contributed by atoms with van der Waals surface area (Å²) in [6.45, 7) is 10.5. The second-order valence-electron chi connectivity index (χ2n) is 4.12. The van der Waals surface area contributed by atoms with E-state index in [0.717, 1.165) is 12.8 Å². The van der Waals surface area contributed by atoms with Crippen molar-refractivity contribution in [3.8, 4) is 0 Å². The maximum Gasteiger partial charge on any atom is -0.0236 e. The standard InChI is InChI=1S/C14H20/c1-5-13(8-6-11(2)3)14-9-7-12(4)10-14/h6,8,10H,4-5,7,9H2,1-3H3/b13-8+. The zero-order valence-corrected chi connectivity index (χ0v) is 9.56. The molecule has 0 aromatic rings. The summed E-state index contributed by atoms with van der Waals surface area (Å²) in [7, 11) is 0. The van der Waals surface area contributed by atoms with Crippen LogP contribution in [0.5, 0.6) is 0 Å². The van der Waals surface area contributed by atoms with Crippen LogP contribution in [-0.4, -0.2) is 0 Å². The summed E-state index contributed by atoms with van der Waals surface area (Å²) in [5.41, 5.74) is 5.57. The Bertz CT molecular complexity index is 307. The maximum atomic E-state index is 4.00. The van der Waals surface area contributed by atoms with Crippen LogP contribution in [0.15, 0.2) is 47.1 Å². The molecule has 0 radical (unpaired) electrons. The Labute approximate surface area is 87.7 Å². The minimum absolute atomic E-state index is 1.11. The fourth-order valence-electron chi connectivity index (χ4n) is 1.66. The summed E-state index contributed by atoms with van der Waals surface area (Å²) in [4.78, 5) is 0. The lowest BCUT2D eigenvalue weighted by atomic mass is 10.0. The highest BCUT2D eigenvalue weighted by molar-refractivity contribution is 5.42. The van der Waals surface area contributed by atoms with Crippen molar-refractivity contribution in [3.63, 3.8) is 0 Å². The molecule has 0 fully saturated rings. The minimum atomic E-state index is 1.11. The van der Waals surface area contributed by atoms with E-state index in [0.29, 0.717) is 0 Å². The van der Waals surface area contributed by atoms with Gasteiger partial charge in [0.15, 0.2) is 0 Å². The molecule has 1 aliphatic rings. The largest absolute Gasteiger partial charge is 0.0958 e. The molecule has 0 N–H and O–H groups in total. The quantitative estimate of drug-likeness (QED) is 0.569. The molecule has 0 spiro atoms. The van der Waals surface area contributed by atoms with Gasteiger partial charge in [-0.25, -0.2) is 0 Å². The smallest absolute Gasteiger partial charge is 0.0236 e. The predicted octanol–water partition coefficient (Wildman–Crippen LogP) is 4.57. The van der Waals surface area contributed by atoms with Gasteiger partial charge in [-0.05, 0) is 44.3 Å². The van der Waals surface area contributed by atoms with E-state index in [1.807, 2.05) is 0 Å². The van der Waals surface area contributed by atoms with E-state index in [9.17, 15) is 0 Å². The monoisotopic (exact) mass is 188 g/mol. The third-order valence-electron chi connectivity index (χ3n) is 2.51. The van der Waals surface area contributed by atoms with Crippen LogP contribution >= 0.6 is 0 Å². The molecule has 0 aliphatic heterocycles. The fraction of sp³-hybridized carbons (Fsp3) is 0.429. The van der Waals surface area contributed by atoms with Crippen LogP contribution in [0.2, 0.25) is 0 Å². The van der Waals surface area contributed by atoms with Gasteiger partial charge in [0.2, 0.25) is 0 Å². The molecule has 0 bridgehead atoms. The first kappa shape index (κ1) is 11.0. The molecule has 14 heavy (non-hydrogen) atoms. The van der Waals surface area contributed by atoms with E-state index in [1.165, 1.54) is 28.7 Å². The van der Waals surface area contributed by atoms with Gasteiger partial charge in [-0.15, -0.1) is 0 Å². The lowest BCUT2D eigenvalue weighted by Crippen LogP contribution is -1.84. The molecule has 0 unspecified atom stereocenters. The van der Waals surface area contributed by atoms with Crippen molar-refractivity contribution in [3.05, 3.63) is 47.1 Å². The first-order valence-electron chi connectivity index (χ1n) is 5.36. The van der Waals surface area contributed by atoms with Gasteiger partial charge in [0.25, 0.3) is 0 Å². The van der Waals surface area contributed by atoms with E-state index in [-0.39, 0.29) is 0 Å². The minimum Gasteiger partial charge on any atom is -0.0958 e. The molecule has 0 heterocycles. The van der Waals surface area contributed by atoms with Crippen molar-refractivity contribution in [2.45, 2.75) is 40.0 Å². The summed E-state index contributed by atoms with van der Waals surface area (Å²) >= 11 is 0. The van der Waals surface area contributed by atoms with E-state index in [2.05, 4.69) is 45.6 Å². The van der Waals surface area contributed by atoms with Crippen molar-refractivity contribution in [2.75, 3.05) is 0 Å². The Balaban J connectivity index is 2.82. The first-order chi connectivity index (χ1) is 6.63. The second kappa shape index (κ2) is 4.99. The first-order valence-corrected chi connectivity index (χ1v) is 5.36. The van der Waals surface area contributed by atoms with Gasteiger partial charge in [-0.1, -0.05) is 42.9 Å². The summed E-state index contributed by atoms with van der Waals surface area (Å²) in [6, 6.07) is 0. The van der Waals surface area contributed by atoms with Crippen LogP contribution in [0.25, 0.3) is 0 Å². The molecule has 0 atom stereocenters. The van der Waals surface area contributed by atoms with Crippen LogP contribution in [-0.2, 0) is 0 Å². The van der Waals surface area contributed by atoms with E-state index >= 15 is 0 Å². The molecule has 0 amide bonds. The molecule has 0 heteroatoms. The molecule has 0 saturated carbocycles. The van der Waals surface area contributed by atoms with E-state index in [1.54, 1.807) is 0 Å². The number of allylic oxidation sites excluding steroid dienone is 7. The lowest BCUT2D eigenvalue weighted by Gasteiger charge is -2.03. The molecule has 0 saturated heterocycles. The highest BCUT2D eigenvalue weighted by Crippen LogP contribution is 2.29.